The third kappa shape index (κ3) is 2.99. The van der Waals surface area contributed by atoms with Gasteiger partial charge >= 0.3 is 0 Å². The second-order valence-corrected chi connectivity index (χ2v) is 5.89. The monoisotopic (exact) mass is 351 g/mol. The fourth-order valence-corrected chi connectivity index (χ4v) is 2.82. The van der Waals surface area contributed by atoms with Crippen LogP contribution >= 0.6 is 11.6 Å². The zero-order chi connectivity index (χ0) is 17.2. The van der Waals surface area contributed by atoms with Crippen LogP contribution in [0.4, 0.5) is 0 Å². The molecule has 0 fully saturated rings. The average Bonchev–Trinajstić information content (AvgIpc) is 3.30. The Balaban J connectivity index is 1.56. The van der Waals surface area contributed by atoms with Crippen molar-refractivity contribution in [2.45, 2.75) is 6.54 Å². The van der Waals surface area contributed by atoms with Crippen molar-refractivity contribution in [3.63, 3.8) is 0 Å². The van der Waals surface area contributed by atoms with Crippen LogP contribution in [-0.2, 0) is 6.54 Å². The van der Waals surface area contributed by atoms with E-state index >= 15 is 0 Å². The summed E-state index contributed by atoms with van der Waals surface area (Å²) in [5.74, 6) is 0.397. The quantitative estimate of drug-likeness (QED) is 0.614. The van der Waals surface area contributed by atoms with Gasteiger partial charge < -0.3 is 9.88 Å². The molecule has 3 aromatic heterocycles. The minimum atomic E-state index is -0.258. The van der Waals surface area contributed by atoms with Gasteiger partial charge in [-0.1, -0.05) is 17.7 Å². The first kappa shape index (κ1) is 15.4. The number of benzene rings is 1. The van der Waals surface area contributed by atoms with E-state index in [2.05, 4.69) is 15.5 Å². The summed E-state index contributed by atoms with van der Waals surface area (Å²) >= 11 is 6.20. The third-order valence-electron chi connectivity index (χ3n) is 3.89. The molecule has 0 radical (unpaired) electrons. The summed E-state index contributed by atoms with van der Waals surface area (Å²) in [7, 11) is 0. The van der Waals surface area contributed by atoms with Crippen LogP contribution in [0.1, 0.15) is 16.2 Å². The second-order valence-electron chi connectivity index (χ2n) is 5.48. The van der Waals surface area contributed by atoms with Crippen LogP contribution in [0.3, 0.4) is 0 Å². The predicted molar refractivity (Wildman–Crippen MR) is 94.9 cm³/mol. The molecule has 7 heteroatoms. The molecule has 0 spiro atoms. The number of hydrogen-bond acceptors (Lipinski definition) is 3. The largest absolute Gasteiger partial charge is 0.345 e. The third-order valence-corrected chi connectivity index (χ3v) is 4.22. The molecule has 1 aromatic carbocycles. The van der Waals surface area contributed by atoms with Gasteiger partial charge in [-0.15, -0.1) is 10.2 Å². The zero-order valence-corrected chi connectivity index (χ0v) is 13.9. The molecular weight excluding hydrogens is 338 g/mol. The highest BCUT2D eigenvalue weighted by Crippen LogP contribution is 2.20. The summed E-state index contributed by atoms with van der Waals surface area (Å²) in [4.78, 5) is 12.6. The van der Waals surface area contributed by atoms with Gasteiger partial charge in [0, 0.05) is 24.3 Å². The highest BCUT2D eigenvalue weighted by molar-refractivity contribution is 6.33. The van der Waals surface area contributed by atoms with Crippen LogP contribution in [0.5, 0.6) is 0 Å². The van der Waals surface area contributed by atoms with E-state index in [9.17, 15) is 4.79 Å². The maximum absolute atomic E-state index is 12.6. The highest BCUT2D eigenvalue weighted by Gasteiger charge is 2.13. The molecule has 0 atom stereocenters. The van der Waals surface area contributed by atoms with Crippen molar-refractivity contribution < 1.29 is 4.79 Å². The van der Waals surface area contributed by atoms with E-state index in [4.69, 9.17) is 11.6 Å². The topological polar surface area (TPSA) is 64.2 Å². The van der Waals surface area contributed by atoms with Crippen molar-refractivity contribution >= 4 is 23.2 Å². The normalized spacial score (nSPS) is 10.9. The van der Waals surface area contributed by atoms with Gasteiger partial charge in [0.1, 0.15) is 0 Å². The van der Waals surface area contributed by atoms with Gasteiger partial charge in [0.25, 0.3) is 5.91 Å². The van der Waals surface area contributed by atoms with E-state index in [1.807, 2.05) is 64.0 Å². The Bertz CT molecular complexity index is 1040. The summed E-state index contributed by atoms with van der Waals surface area (Å²) in [6.07, 6.45) is 5.68. The summed E-state index contributed by atoms with van der Waals surface area (Å²) in [5.41, 5.74) is 2.02. The molecule has 1 N–H and O–H groups in total. The molecule has 4 aromatic rings. The number of halogens is 1. The van der Waals surface area contributed by atoms with Crippen molar-refractivity contribution in [2.75, 3.05) is 0 Å². The Kier molecular flexibility index (Phi) is 3.95. The Morgan fingerprint density at radius 2 is 1.84 bits per heavy atom. The Labute approximate surface area is 148 Å². The fourth-order valence-electron chi connectivity index (χ4n) is 2.62. The molecule has 25 heavy (non-hydrogen) atoms. The maximum Gasteiger partial charge on any atom is 0.253 e. The highest BCUT2D eigenvalue weighted by atomic mass is 35.5. The maximum atomic E-state index is 12.6. The number of hydrogen-bond donors (Lipinski definition) is 1. The van der Waals surface area contributed by atoms with Gasteiger partial charge in [-0.25, -0.2) is 0 Å². The predicted octanol–water partition coefficient (Wildman–Crippen LogP) is 3.10. The molecule has 0 saturated heterocycles. The second kappa shape index (κ2) is 6.41. The van der Waals surface area contributed by atoms with Crippen LogP contribution in [0.15, 0.2) is 67.1 Å². The van der Waals surface area contributed by atoms with Crippen LogP contribution in [0, 0.1) is 0 Å². The molecule has 3 heterocycles. The number of amides is 1. The summed E-state index contributed by atoms with van der Waals surface area (Å²) in [6, 6.07) is 14.8. The van der Waals surface area contributed by atoms with Crippen LogP contribution < -0.4 is 5.32 Å². The molecule has 0 saturated carbocycles. The van der Waals surface area contributed by atoms with Gasteiger partial charge in [-0.2, -0.15) is 0 Å². The minimum Gasteiger partial charge on any atom is -0.345 e. The summed E-state index contributed by atoms with van der Waals surface area (Å²) in [5, 5.41) is 11.4. The Morgan fingerprint density at radius 1 is 1.04 bits per heavy atom. The van der Waals surface area contributed by atoms with Gasteiger partial charge in [-0.3, -0.25) is 9.20 Å². The summed E-state index contributed by atoms with van der Waals surface area (Å²) in [6.45, 7) is 0.258. The van der Waals surface area contributed by atoms with Gasteiger partial charge in [0.15, 0.2) is 11.5 Å². The number of pyridine rings is 1. The molecule has 124 valence electrons. The fraction of sp³-hybridized carbons (Fsp3) is 0.0556. The standard InChI is InChI=1S/C18H14ClN5O/c19-15-7-6-13(23-8-3-4-9-23)11-14(15)18(25)20-12-17-22-21-16-5-1-2-10-24(16)17/h1-11H,12H2,(H,20,25). The molecule has 0 bridgehead atoms. The lowest BCUT2D eigenvalue weighted by Gasteiger charge is -2.09. The van der Waals surface area contributed by atoms with Gasteiger partial charge in [0.05, 0.1) is 17.1 Å². The van der Waals surface area contributed by atoms with Gasteiger partial charge in [0.2, 0.25) is 0 Å². The number of aromatic nitrogens is 4. The van der Waals surface area contributed by atoms with E-state index in [1.54, 1.807) is 12.1 Å². The van der Waals surface area contributed by atoms with Crippen molar-refractivity contribution in [3.8, 4) is 5.69 Å². The molecular formula is C18H14ClN5O. The number of rotatable bonds is 4. The SMILES string of the molecule is O=C(NCc1nnc2ccccn12)c1cc(-n2cccc2)ccc1Cl. The average molecular weight is 352 g/mol. The van der Waals surface area contributed by atoms with E-state index < -0.39 is 0 Å². The number of nitrogens with one attached hydrogen (secondary N) is 1. The number of nitrogens with zero attached hydrogens (tertiary/aromatic N) is 4. The van der Waals surface area contributed by atoms with Crippen LogP contribution in [-0.4, -0.2) is 25.1 Å². The van der Waals surface area contributed by atoms with E-state index in [-0.39, 0.29) is 12.5 Å². The Hall–Kier alpha value is -3.12. The van der Waals surface area contributed by atoms with Crippen molar-refractivity contribution in [1.29, 1.82) is 0 Å². The smallest absolute Gasteiger partial charge is 0.253 e. The lowest BCUT2D eigenvalue weighted by molar-refractivity contribution is 0.0950. The van der Waals surface area contributed by atoms with Crippen molar-refractivity contribution in [2.24, 2.45) is 0 Å². The van der Waals surface area contributed by atoms with Crippen molar-refractivity contribution in [3.05, 3.63) is 83.5 Å². The molecule has 0 aliphatic heterocycles. The van der Waals surface area contributed by atoms with E-state index in [1.165, 1.54) is 0 Å². The van der Waals surface area contributed by atoms with Gasteiger partial charge in [-0.05, 0) is 42.5 Å². The molecule has 0 aliphatic rings. The van der Waals surface area contributed by atoms with Crippen LogP contribution in [0.2, 0.25) is 5.02 Å². The van der Waals surface area contributed by atoms with Crippen LogP contribution in [0.25, 0.3) is 11.3 Å². The lowest BCUT2D eigenvalue weighted by atomic mass is 10.2. The molecule has 1 amide bonds. The first-order chi connectivity index (χ1) is 12.2. The molecule has 0 aliphatic carbocycles. The number of carbonyl (C=O) groups is 1. The molecule has 4 rings (SSSR count). The van der Waals surface area contributed by atoms with Crippen molar-refractivity contribution in [1.82, 2.24) is 24.5 Å². The minimum absolute atomic E-state index is 0.258. The zero-order valence-electron chi connectivity index (χ0n) is 13.1. The molecule has 0 unspecified atom stereocenters. The first-order valence-corrected chi connectivity index (χ1v) is 8.10. The number of fused-ring (bicyclic) bond motifs is 1. The summed E-state index contributed by atoms with van der Waals surface area (Å²) < 4.78 is 3.75. The molecule has 6 nitrogen and oxygen atoms in total. The van der Waals surface area contributed by atoms with E-state index in [0.717, 1.165) is 11.3 Å². The Morgan fingerprint density at radius 3 is 2.68 bits per heavy atom. The van der Waals surface area contributed by atoms with E-state index in [0.29, 0.717) is 16.4 Å². The first-order valence-electron chi connectivity index (χ1n) is 7.72. The number of carbonyl (C=O) groups excluding carboxylic acids is 1. The lowest BCUT2D eigenvalue weighted by Crippen LogP contribution is -2.24.